The normalized spacial score (nSPS) is 19.3. The quantitative estimate of drug-likeness (QED) is 0.537. The zero-order valence-electron chi connectivity index (χ0n) is 11.4. The summed E-state index contributed by atoms with van der Waals surface area (Å²) in [5, 5.41) is 13.5. The van der Waals surface area contributed by atoms with E-state index in [0.717, 1.165) is 6.20 Å². The second kappa shape index (κ2) is 5.87. The molecule has 1 amide bonds. The Bertz CT molecular complexity index is 389. The smallest absolute Gasteiger partial charge is 0.274 e. The highest BCUT2D eigenvalue weighted by Crippen LogP contribution is 2.21. The average molecular weight is 272 g/mol. The summed E-state index contributed by atoms with van der Waals surface area (Å²) in [5.41, 5.74) is 4.72. The molecular weight excluding hydrogens is 252 g/mol. The van der Waals surface area contributed by atoms with Gasteiger partial charge in [-0.2, -0.15) is 0 Å². The molecule has 1 fully saturated rings. The fraction of sp³-hybridized carbons (Fsp3) is 0.727. The van der Waals surface area contributed by atoms with E-state index in [4.69, 9.17) is 10.5 Å². The molecule has 8 nitrogen and oxygen atoms in total. The molecule has 0 saturated carbocycles. The van der Waals surface area contributed by atoms with E-state index in [1.165, 1.54) is 0 Å². The lowest BCUT2D eigenvalue weighted by Crippen LogP contribution is -2.42. The molecule has 1 unspecified atom stereocenters. The van der Waals surface area contributed by atoms with Crippen LogP contribution in [0, 0.1) is 10.1 Å². The molecule has 1 aliphatic rings. The molecule has 1 aliphatic heterocycles. The number of rotatable bonds is 5. The van der Waals surface area contributed by atoms with E-state index in [9.17, 15) is 14.9 Å². The molecule has 3 N–H and O–H groups in total. The third kappa shape index (κ3) is 5.12. The molecule has 1 rings (SSSR count). The van der Waals surface area contributed by atoms with Crippen LogP contribution in [0.15, 0.2) is 12.0 Å². The first-order chi connectivity index (χ1) is 8.69. The van der Waals surface area contributed by atoms with Gasteiger partial charge in [-0.15, -0.1) is 0 Å². The van der Waals surface area contributed by atoms with Crippen molar-refractivity contribution in [2.75, 3.05) is 13.1 Å². The fourth-order valence-electron chi connectivity index (χ4n) is 1.84. The van der Waals surface area contributed by atoms with Crippen molar-refractivity contribution in [2.45, 2.75) is 39.0 Å². The predicted molar refractivity (Wildman–Crippen MR) is 68.2 cm³/mol. The number of carbonyl (C=O) groups excluding carboxylic acids is 1. The molecule has 8 heteroatoms. The maximum Gasteiger partial charge on any atom is 0.274 e. The third-order valence-electron chi connectivity index (χ3n) is 2.41. The molecule has 0 aromatic rings. The molecule has 1 saturated heterocycles. The predicted octanol–water partition coefficient (Wildman–Crippen LogP) is -0.0162. The van der Waals surface area contributed by atoms with Gasteiger partial charge in [-0.25, -0.2) is 0 Å². The first kappa shape index (κ1) is 15.2. The highest BCUT2D eigenvalue weighted by Gasteiger charge is 2.31. The summed E-state index contributed by atoms with van der Waals surface area (Å²) in [5.74, 6) is -0.179. The van der Waals surface area contributed by atoms with Gasteiger partial charge in [-0.3, -0.25) is 14.9 Å². The van der Waals surface area contributed by atoms with Crippen molar-refractivity contribution in [1.29, 1.82) is 0 Å². The molecule has 1 atom stereocenters. The Morgan fingerprint density at radius 3 is 2.79 bits per heavy atom. The Morgan fingerprint density at radius 1 is 1.68 bits per heavy atom. The lowest BCUT2D eigenvalue weighted by atomic mass is 10.2. The number of amides is 1. The maximum atomic E-state index is 11.1. The highest BCUT2D eigenvalue weighted by atomic mass is 16.6. The van der Waals surface area contributed by atoms with Crippen LogP contribution in [-0.2, 0) is 9.53 Å². The first-order valence-electron chi connectivity index (χ1n) is 6.01. The van der Waals surface area contributed by atoms with E-state index in [2.05, 4.69) is 5.32 Å². The van der Waals surface area contributed by atoms with Crippen LogP contribution in [0.2, 0.25) is 0 Å². The van der Waals surface area contributed by atoms with Gasteiger partial charge in [0, 0.05) is 13.1 Å². The molecule has 0 spiro atoms. The van der Waals surface area contributed by atoms with Crippen molar-refractivity contribution in [1.82, 2.24) is 10.2 Å². The van der Waals surface area contributed by atoms with Crippen LogP contribution in [0.3, 0.4) is 0 Å². The van der Waals surface area contributed by atoms with E-state index < -0.39 is 22.7 Å². The second-order valence-electron chi connectivity index (χ2n) is 5.28. The van der Waals surface area contributed by atoms with Crippen molar-refractivity contribution in [3.8, 4) is 0 Å². The molecule has 19 heavy (non-hydrogen) atoms. The highest BCUT2D eigenvalue weighted by molar-refractivity contribution is 5.74. The van der Waals surface area contributed by atoms with E-state index in [0.29, 0.717) is 18.9 Å². The molecule has 0 aromatic carbocycles. The molecule has 0 radical (unpaired) electrons. The van der Waals surface area contributed by atoms with Crippen LogP contribution < -0.4 is 11.1 Å². The zero-order valence-corrected chi connectivity index (χ0v) is 11.4. The Kier molecular flexibility index (Phi) is 4.71. The standard InChI is InChI=1S/C11H20N4O4/c1-11(2,3)19-10(6-8(12)16)14-5-4-13-9(14)7-15(17)18/h7,10,13H,4-6H2,1-3H3,(H2,12,16). The minimum Gasteiger partial charge on any atom is -0.370 e. The minimum absolute atomic E-state index is 0.0198. The number of hydrogen-bond acceptors (Lipinski definition) is 6. The number of primary amides is 1. The molecule has 0 bridgehead atoms. The SMILES string of the molecule is CC(C)(C)OC(CC(N)=O)N1CCNC1=C[N+](=O)[O-]. The molecule has 108 valence electrons. The van der Waals surface area contributed by atoms with Crippen LogP contribution >= 0.6 is 0 Å². The van der Waals surface area contributed by atoms with Crippen LogP contribution in [-0.4, -0.2) is 40.6 Å². The van der Waals surface area contributed by atoms with Gasteiger partial charge in [0.15, 0.2) is 5.82 Å². The zero-order chi connectivity index (χ0) is 14.6. The Balaban J connectivity index is 2.89. The summed E-state index contributed by atoms with van der Waals surface area (Å²) in [7, 11) is 0. The van der Waals surface area contributed by atoms with Crippen molar-refractivity contribution in [2.24, 2.45) is 5.73 Å². The number of nitrogens with zero attached hydrogens (tertiary/aromatic N) is 2. The topological polar surface area (TPSA) is 111 Å². The molecule has 0 aromatic heterocycles. The Labute approximate surface area is 111 Å². The van der Waals surface area contributed by atoms with Gasteiger partial charge in [-0.1, -0.05) is 0 Å². The van der Waals surface area contributed by atoms with Crippen molar-refractivity contribution >= 4 is 5.91 Å². The molecule has 1 heterocycles. The van der Waals surface area contributed by atoms with Crippen LogP contribution in [0.4, 0.5) is 0 Å². The number of nitrogens with one attached hydrogen (secondary N) is 1. The molecule has 0 aliphatic carbocycles. The van der Waals surface area contributed by atoms with Gasteiger partial charge < -0.3 is 20.7 Å². The molecular formula is C11H20N4O4. The largest absolute Gasteiger partial charge is 0.370 e. The second-order valence-corrected chi connectivity index (χ2v) is 5.28. The van der Waals surface area contributed by atoms with E-state index >= 15 is 0 Å². The summed E-state index contributed by atoms with van der Waals surface area (Å²) in [6, 6.07) is 0. The summed E-state index contributed by atoms with van der Waals surface area (Å²) < 4.78 is 5.77. The van der Waals surface area contributed by atoms with Gasteiger partial charge in [0.05, 0.1) is 16.9 Å². The van der Waals surface area contributed by atoms with Gasteiger partial charge >= 0.3 is 0 Å². The number of hydrogen-bond donors (Lipinski definition) is 2. The van der Waals surface area contributed by atoms with E-state index in [1.807, 2.05) is 20.8 Å². The van der Waals surface area contributed by atoms with E-state index in [1.54, 1.807) is 4.90 Å². The van der Waals surface area contributed by atoms with Crippen LogP contribution in [0.5, 0.6) is 0 Å². The van der Waals surface area contributed by atoms with Crippen LogP contribution in [0.1, 0.15) is 27.2 Å². The van der Waals surface area contributed by atoms with Gasteiger partial charge in [-0.05, 0) is 20.8 Å². The Morgan fingerprint density at radius 2 is 2.32 bits per heavy atom. The van der Waals surface area contributed by atoms with Crippen molar-refractivity contribution in [3.63, 3.8) is 0 Å². The lowest BCUT2D eigenvalue weighted by molar-refractivity contribution is -0.404. The minimum atomic E-state index is -0.612. The number of carbonyl (C=O) groups is 1. The maximum absolute atomic E-state index is 11.1. The average Bonchev–Trinajstić information content (AvgIpc) is 2.60. The monoisotopic (exact) mass is 272 g/mol. The van der Waals surface area contributed by atoms with Crippen molar-refractivity contribution in [3.05, 3.63) is 22.1 Å². The van der Waals surface area contributed by atoms with Gasteiger partial charge in [0.2, 0.25) is 5.91 Å². The third-order valence-corrected chi connectivity index (χ3v) is 2.41. The lowest BCUT2D eigenvalue weighted by Gasteiger charge is -2.33. The number of nitro groups is 1. The number of nitrogens with two attached hydrogens (primary N) is 1. The van der Waals surface area contributed by atoms with Crippen LogP contribution in [0.25, 0.3) is 0 Å². The van der Waals surface area contributed by atoms with E-state index in [-0.39, 0.29) is 6.42 Å². The van der Waals surface area contributed by atoms with Gasteiger partial charge in [0.25, 0.3) is 6.20 Å². The van der Waals surface area contributed by atoms with Crippen molar-refractivity contribution < 1.29 is 14.5 Å². The summed E-state index contributed by atoms with van der Waals surface area (Å²) in [4.78, 5) is 22.8. The fourth-order valence-corrected chi connectivity index (χ4v) is 1.84. The number of ether oxygens (including phenoxy) is 1. The summed E-state index contributed by atoms with van der Waals surface area (Å²) in [6.07, 6.45) is 0.236. The Hall–Kier alpha value is -1.83. The first-order valence-corrected chi connectivity index (χ1v) is 6.01. The van der Waals surface area contributed by atoms with Gasteiger partial charge in [0.1, 0.15) is 6.23 Å². The summed E-state index contributed by atoms with van der Waals surface area (Å²) in [6.45, 7) is 6.63. The summed E-state index contributed by atoms with van der Waals surface area (Å²) >= 11 is 0.